The van der Waals surface area contributed by atoms with Gasteiger partial charge in [0, 0.05) is 18.7 Å². The van der Waals surface area contributed by atoms with Crippen molar-refractivity contribution in [3.8, 4) is 5.75 Å². The van der Waals surface area contributed by atoms with Crippen molar-refractivity contribution in [2.75, 3.05) is 13.7 Å². The summed E-state index contributed by atoms with van der Waals surface area (Å²) in [4.78, 5) is 0.227. The molecule has 0 radical (unpaired) electrons. The molecule has 0 bridgehead atoms. The van der Waals surface area contributed by atoms with E-state index in [1.54, 1.807) is 12.1 Å². The third-order valence-corrected chi connectivity index (χ3v) is 4.31. The number of rotatable bonds is 8. The van der Waals surface area contributed by atoms with Gasteiger partial charge in [0.2, 0.25) is 10.0 Å². The molecule has 19 heavy (non-hydrogen) atoms. The van der Waals surface area contributed by atoms with Crippen LogP contribution < -0.4 is 15.2 Å². The van der Waals surface area contributed by atoms with Crippen molar-refractivity contribution in [3.05, 3.63) is 23.8 Å². The number of sulfonamides is 1. The lowest BCUT2D eigenvalue weighted by Gasteiger charge is -2.10. The predicted molar refractivity (Wildman–Crippen MR) is 75.6 cm³/mol. The van der Waals surface area contributed by atoms with Crippen LogP contribution in [0.4, 0.5) is 0 Å². The first-order valence-corrected chi connectivity index (χ1v) is 7.90. The molecule has 108 valence electrons. The van der Waals surface area contributed by atoms with Crippen LogP contribution in [0.25, 0.3) is 0 Å². The van der Waals surface area contributed by atoms with E-state index >= 15 is 0 Å². The highest BCUT2D eigenvalue weighted by atomic mass is 32.2. The fourth-order valence-electron chi connectivity index (χ4n) is 1.75. The monoisotopic (exact) mass is 286 g/mol. The summed E-state index contributed by atoms with van der Waals surface area (Å²) in [5.74, 6) is 0.604. The Hall–Kier alpha value is -1.11. The fourth-order valence-corrected chi connectivity index (χ4v) is 2.87. The molecule has 3 N–H and O–H groups in total. The summed E-state index contributed by atoms with van der Waals surface area (Å²) in [6.45, 7) is 2.77. The van der Waals surface area contributed by atoms with E-state index in [0.717, 1.165) is 19.3 Å². The first kappa shape index (κ1) is 15.9. The van der Waals surface area contributed by atoms with Crippen LogP contribution in [0.2, 0.25) is 0 Å². The summed E-state index contributed by atoms with van der Waals surface area (Å²) in [5, 5.41) is 0. The van der Waals surface area contributed by atoms with Crippen LogP contribution in [0, 0.1) is 0 Å². The Balaban J connectivity index is 2.83. The van der Waals surface area contributed by atoms with E-state index in [0.29, 0.717) is 17.9 Å². The first-order chi connectivity index (χ1) is 9.05. The summed E-state index contributed by atoms with van der Waals surface area (Å²) in [6, 6.07) is 4.71. The molecule has 1 rings (SSSR count). The molecule has 0 saturated heterocycles. The van der Waals surface area contributed by atoms with Gasteiger partial charge in [0.15, 0.2) is 0 Å². The topological polar surface area (TPSA) is 81.4 Å². The Bertz CT molecular complexity index is 501. The largest absolute Gasteiger partial charge is 0.496 e. The maximum atomic E-state index is 12.1. The van der Waals surface area contributed by atoms with Crippen LogP contribution in [0.1, 0.15) is 31.7 Å². The highest BCUT2D eigenvalue weighted by Crippen LogP contribution is 2.21. The zero-order valence-corrected chi connectivity index (χ0v) is 12.3. The SMILES string of the molecule is CCCCCNS(=O)(=O)c1ccc(OC)c(CN)c1. The first-order valence-electron chi connectivity index (χ1n) is 6.41. The van der Waals surface area contributed by atoms with Gasteiger partial charge in [-0.05, 0) is 24.6 Å². The molecule has 0 aliphatic carbocycles. The predicted octanol–water partition coefficient (Wildman–Crippen LogP) is 1.62. The average molecular weight is 286 g/mol. The van der Waals surface area contributed by atoms with E-state index in [1.807, 2.05) is 0 Å². The number of methoxy groups -OCH3 is 1. The summed E-state index contributed by atoms with van der Waals surface area (Å²) >= 11 is 0. The molecule has 0 saturated carbocycles. The normalized spacial score (nSPS) is 11.5. The van der Waals surface area contributed by atoms with Gasteiger partial charge in [-0.2, -0.15) is 0 Å². The van der Waals surface area contributed by atoms with Gasteiger partial charge in [-0.1, -0.05) is 19.8 Å². The number of ether oxygens (including phenoxy) is 1. The Morgan fingerprint density at radius 1 is 1.32 bits per heavy atom. The fraction of sp³-hybridized carbons (Fsp3) is 0.538. The molecule has 1 aromatic rings. The van der Waals surface area contributed by atoms with Gasteiger partial charge in [-0.25, -0.2) is 13.1 Å². The quantitative estimate of drug-likeness (QED) is 0.712. The molecule has 0 aromatic heterocycles. The van der Waals surface area contributed by atoms with Crippen LogP contribution in [0.3, 0.4) is 0 Å². The van der Waals surface area contributed by atoms with Crippen molar-refractivity contribution >= 4 is 10.0 Å². The Kier molecular flexibility index (Phi) is 6.27. The van der Waals surface area contributed by atoms with E-state index in [1.165, 1.54) is 13.2 Å². The average Bonchev–Trinajstić information content (AvgIpc) is 2.42. The highest BCUT2D eigenvalue weighted by Gasteiger charge is 2.15. The lowest BCUT2D eigenvalue weighted by Crippen LogP contribution is -2.25. The third-order valence-electron chi connectivity index (χ3n) is 2.85. The van der Waals surface area contributed by atoms with Gasteiger partial charge in [-0.3, -0.25) is 0 Å². The van der Waals surface area contributed by atoms with Gasteiger partial charge in [0.25, 0.3) is 0 Å². The molecule has 0 atom stereocenters. The van der Waals surface area contributed by atoms with Crippen LogP contribution in [0.15, 0.2) is 23.1 Å². The Labute approximate surface area is 115 Å². The lowest BCUT2D eigenvalue weighted by molar-refractivity contribution is 0.409. The minimum absolute atomic E-state index is 0.227. The molecule has 6 heteroatoms. The molecule has 0 amide bonds. The minimum atomic E-state index is -3.46. The van der Waals surface area contributed by atoms with Crippen molar-refractivity contribution in [1.82, 2.24) is 4.72 Å². The van der Waals surface area contributed by atoms with E-state index in [2.05, 4.69) is 11.6 Å². The number of unbranched alkanes of at least 4 members (excludes halogenated alkanes) is 2. The van der Waals surface area contributed by atoms with E-state index in [-0.39, 0.29) is 11.4 Å². The van der Waals surface area contributed by atoms with E-state index in [9.17, 15) is 8.42 Å². The Morgan fingerprint density at radius 3 is 2.63 bits per heavy atom. The smallest absolute Gasteiger partial charge is 0.240 e. The van der Waals surface area contributed by atoms with Gasteiger partial charge in [0.05, 0.1) is 12.0 Å². The number of hydrogen-bond donors (Lipinski definition) is 2. The molecule has 5 nitrogen and oxygen atoms in total. The second-order valence-electron chi connectivity index (χ2n) is 4.28. The lowest BCUT2D eigenvalue weighted by atomic mass is 10.2. The van der Waals surface area contributed by atoms with Crippen LogP contribution >= 0.6 is 0 Å². The molecular weight excluding hydrogens is 264 g/mol. The molecule has 0 unspecified atom stereocenters. The number of nitrogens with one attached hydrogen (secondary N) is 1. The zero-order valence-electron chi connectivity index (χ0n) is 11.5. The second-order valence-corrected chi connectivity index (χ2v) is 6.05. The summed E-state index contributed by atoms with van der Waals surface area (Å²) in [7, 11) is -1.93. The summed E-state index contributed by atoms with van der Waals surface area (Å²) in [5.41, 5.74) is 6.26. The molecule has 0 aliphatic rings. The zero-order chi connectivity index (χ0) is 14.3. The summed E-state index contributed by atoms with van der Waals surface area (Å²) < 4.78 is 31.9. The van der Waals surface area contributed by atoms with Crippen molar-refractivity contribution in [1.29, 1.82) is 0 Å². The van der Waals surface area contributed by atoms with Gasteiger partial charge >= 0.3 is 0 Å². The standard InChI is InChI=1S/C13H22N2O3S/c1-3-4-5-8-15-19(16,17)12-6-7-13(18-2)11(9-12)10-14/h6-7,9,15H,3-5,8,10,14H2,1-2H3. The maximum Gasteiger partial charge on any atom is 0.240 e. The van der Waals surface area contributed by atoms with Crippen LogP contribution in [0.5, 0.6) is 5.75 Å². The van der Waals surface area contributed by atoms with E-state index < -0.39 is 10.0 Å². The van der Waals surface area contributed by atoms with E-state index in [4.69, 9.17) is 10.5 Å². The van der Waals surface area contributed by atoms with Crippen LogP contribution in [-0.4, -0.2) is 22.1 Å². The molecule has 0 fully saturated rings. The maximum absolute atomic E-state index is 12.1. The molecule has 1 aromatic carbocycles. The minimum Gasteiger partial charge on any atom is -0.496 e. The van der Waals surface area contributed by atoms with Crippen molar-refractivity contribution in [2.24, 2.45) is 5.73 Å². The van der Waals surface area contributed by atoms with Gasteiger partial charge < -0.3 is 10.5 Å². The number of hydrogen-bond acceptors (Lipinski definition) is 4. The van der Waals surface area contributed by atoms with Crippen molar-refractivity contribution in [2.45, 2.75) is 37.6 Å². The van der Waals surface area contributed by atoms with Gasteiger partial charge in [-0.15, -0.1) is 0 Å². The Morgan fingerprint density at radius 2 is 2.05 bits per heavy atom. The molecule has 0 aliphatic heterocycles. The molecular formula is C13H22N2O3S. The second kappa shape index (κ2) is 7.47. The van der Waals surface area contributed by atoms with Crippen molar-refractivity contribution < 1.29 is 13.2 Å². The number of benzene rings is 1. The van der Waals surface area contributed by atoms with Crippen molar-refractivity contribution in [3.63, 3.8) is 0 Å². The highest BCUT2D eigenvalue weighted by molar-refractivity contribution is 7.89. The third kappa shape index (κ3) is 4.49. The van der Waals surface area contributed by atoms with Gasteiger partial charge in [0.1, 0.15) is 5.75 Å². The van der Waals surface area contributed by atoms with Crippen LogP contribution in [-0.2, 0) is 16.6 Å². The number of nitrogens with two attached hydrogens (primary N) is 1. The molecule has 0 heterocycles. The molecule has 0 spiro atoms. The summed E-state index contributed by atoms with van der Waals surface area (Å²) in [6.07, 6.45) is 2.91.